The molecule has 2 aromatic rings. The lowest BCUT2D eigenvalue weighted by atomic mass is 9.95. The lowest BCUT2D eigenvalue weighted by Crippen LogP contribution is -2.44. The number of ether oxygens (including phenoxy) is 1. The number of para-hydroxylation sites is 2. The van der Waals surface area contributed by atoms with E-state index in [0.29, 0.717) is 32.6 Å². The number of piperidine rings is 1. The average Bonchev–Trinajstić information content (AvgIpc) is 2.79. The van der Waals surface area contributed by atoms with Crippen LogP contribution in [0.3, 0.4) is 0 Å². The van der Waals surface area contributed by atoms with Crippen molar-refractivity contribution >= 4 is 11.8 Å². The number of phenols is 1. The van der Waals surface area contributed by atoms with Gasteiger partial charge < -0.3 is 24.2 Å². The number of nitrogens with zero attached hydrogens (tertiary/aromatic N) is 3. The summed E-state index contributed by atoms with van der Waals surface area (Å²) in [6.07, 6.45) is 5.19. The monoisotopic (exact) mass is 425 g/mol. The molecule has 0 unspecified atom stereocenters. The van der Waals surface area contributed by atoms with Crippen LogP contribution in [0.2, 0.25) is 0 Å². The van der Waals surface area contributed by atoms with Gasteiger partial charge in [-0.1, -0.05) is 12.1 Å². The molecule has 2 amide bonds. The standard InChI is InChI=1S/C23H27N3O5/c1-24-13-16-14-26(20(28)15-31-19-8-4-3-7-18(19)27)12-9-17(16)21(22(24)29)23(30)25-10-5-2-6-11-25/h3-4,7-8,13,27H,2,5-6,9-12,14-15H2,1H3. The average molecular weight is 425 g/mol. The van der Waals surface area contributed by atoms with Crippen molar-refractivity contribution in [3.63, 3.8) is 0 Å². The van der Waals surface area contributed by atoms with E-state index in [2.05, 4.69) is 0 Å². The Labute approximate surface area is 180 Å². The number of hydrogen-bond acceptors (Lipinski definition) is 5. The first-order chi connectivity index (χ1) is 15.0. The Morgan fingerprint density at radius 3 is 2.55 bits per heavy atom. The first kappa shape index (κ1) is 21.0. The fourth-order valence-corrected chi connectivity index (χ4v) is 4.29. The molecule has 31 heavy (non-hydrogen) atoms. The third-order valence-electron chi connectivity index (χ3n) is 5.99. The molecule has 3 heterocycles. The van der Waals surface area contributed by atoms with Crippen molar-refractivity contribution in [1.82, 2.24) is 14.4 Å². The van der Waals surface area contributed by atoms with Crippen LogP contribution in [-0.4, -0.2) is 57.5 Å². The number of fused-ring (bicyclic) bond motifs is 1. The zero-order valence-corrected chi connectivity index (χ0v) is 17.7. The molecule has 1 saturated heterocycles. The van der Waals surface area contributed by atoms with Crippen molar-refractivity contribution in [2.75, 3.05) is 26.2 Å². The molecule has 0 saturated carbocycles. The van der Waals surface area contributed by atoms with Crippen molar-refractivity contribution in [2.45, 2.75) is 32.2 Å². The highest BCUT2D eigenvalue weighted by atomic mass is 16.5. The van der Waals surface area contributed by atoms with Crippen LogP contribution in [0.1, 0.15) is 40.7 Å². The molecule has 1 fully saturated rings. The van der Waals surface area contributed by atoms with Gasteiger partial charge >= 0.3 is 0 Å². The van der Waals surface area contributed by atoms with Gasteiger partial charge in [-0.05, 0) is 48.9 Å². The number of aryl methyl sites for hydroxylation is 1. The SMILES string of the molecule is Cn1cc2c(c(C(=O)N3CCCCC3)c1=O)CCN(C(=O)COc1ccccc1O)C2. The maximum Gasteiger partial charge on any atom is 0.263 e. The topological polar surface area (TPSA) is 92.1 Å². The number of rotatable bonds is 4. The second-order valence-electron chi connectivity index (χ2n) is 8.10. The van der Waals surface area contributed by atoms with Crippen LogP contribution < -0.4 is 10.3 Å². The molecule has 0 spiro atoms. The van der Waals surface area contributed by atoms with Crippen molar-refractivity contribution in [3.8, 4) is 11.5 Å². The van der Waals surface area contributed by atoms with Gasteiger partial charge in [0.1, 0.15) is 5.56 Å². The summed E-state index contributed by atoms with van der Waals surface area (Å²) in [5.74, 6) is -0.174. The van der Waals surface area contributed by atoms with Gasteiger partial charge in [0.25, 0.3) is 17.4 Å². The fraction of sp³-hybridized carbons (Fsp3) is 0.435. The van der Waals surface area contributed by atoms with Crippen molar-refractivity contribution in [3.05, 3.63) is 57.5 Å². The smallest absolute Gasteiger partial charge is 0.263 e. The molecule has 8 nitrogen and oxygen atoms in total. The number of benzene rings is 1. The third-order valence-corrected chi connectivity index (χ3v) is 5.99. The van der Waals surface area contributed by atoms with E-state index in [1.807, 2.05) is 0 Å². The van der Waals surface area contributed by atoms with Crippen molar-refractivity contribution < 1.29 is 19.4 Å². The summed E-state index contributed by atoms with van der Waals surface area (Å²) in [4.78, 5) is 42.1. The molecule has 0 atom stereocenters. The predicted molar refractivity (Wildman–Crippen MR) is 114 cm³/mol. The molecule has 8 heteroatoms. The Kier molecular flexibility index (Phi) is 5.97. The maximum absolute atomic E-state index is 13.1. The van der Waals surface area contributed by atoms with E-state index in [1.54, 1.807) is 41.2 Å². The number of amides is 2. The lowest BCUT2D eigenvalue weighted by Gasteiger charge is -2.32. The minimum absolute atomic E-state index is 0.0184. The fourth-order valence-electron chi connectivity index (χ4n) is 4.29. The van der Waals surface area contributed by atoms with E-state index >= 15 is 0 Å². The van der Waals surface area contributed by atoms with Gasteiger partial charge in [-0.2, -0.15) is 0 Å². The van der Waals surface area contributed by atoms with E-state index in [1.165, 1.54) is 10.6 Å². The molecular formula is C23H27N3O5. The zero-order chi connectivity index (χ0) is 22.0. The van der Waals surface area contributed by atoms with Crippen LogP contribution >= 0.6 is 0 Å². The van der Waals surface area contributed by atoms with Gasteiger partial charge in [0.2, 0.25) is 0 Å². The number of carbonyl (C=O) groups excluding carboxylic acids is 2. The minimum atomic E-state index is -0.281. The highest BCUT2D eigenvalue weighted by Gasteiger charge is 2.30. The number of aromatic nitrogens is 1. The Balaban J connectivity index is 1.52. The minimum Gasteiger partial charge on any atom is -0.504 e. The summed E-state index contributed by atoms with van der Waals surface area (Å²) in [5.41, 5.74) is 1.53. The van der Waals surface area contributed by atoms with Crippen LogP contribution in [0, 0.1) is 0 Å². The van der Waals surface area contributed by atoms with Gasteiger partial charge in [0, 0.05) is 39.4 Å². The number of phenolic OH excluding ortho intramolecular Hbond substituents is 1. The van der Waals surface area contributed by atoms with Crippen LogP contribution in [0.15, 0.2) is 35.3 Å². The molecule has 4 rings (SSSR count). The summed E-state index contributed by atoms with van der Waals surface area (Å²) in [7, 11) is 1.64. The van der Waals surface area contributed by atoms with E-state index < -0.39 is 0 Å². The Bertz CT molecular complexity index is 1060. The van der Waals surface area contributed by atoms with Crippen LogP contribution in [-0.2, 0) is 24.8 Å². The Morgan fingerprint density at radius 2 is 1.81 bits per heavy atom. The summed E-state index contributed by atoms with van der Waals surface area (Å²) >= 11 is 0. The van der Waals surface area contributed by atoms with Crippen LogP contribution in [0.25, 0.3) is 0 Å². The molecule has 2 aliphatic heterocycles. The molecule has 2 aliphatic rings. The van der Waals surface area contributed by atoms with Crippen molar-refractivity contribution in [1.29, 1.82) is 0 Å². The summed E-state index contributed by atoms with van der Waals surface area (Å²) in [5, 5.41) is 9.79. The molecule has 1 aromatic carbocycles. The second kappa shape index (κ2) is 8.83. The van der Waals surface area contributed by atoms with Gasteiger partial charge in [0.05, 0.1) is 0 Å². The first-order valence-electron chi connectivity index (χ1n) is 10.6. The number of likely N-dealkylation sites (tertiary alicyclic amines) is 1. The lowest BCUT2D eigenvalue weighted by molar-refractivity contribution is -0.134. The van der Waals surface area contributed by atoms with E-state index in [4.69, 9.17) is 4.74 Å². The second-order valence-corrected chi connectivity index (χ2v) is 8.10. The number of hydrogen-bond donors (Lipinski definition) is 1. The van der Waals surface area contributed by atoms with E-state index in [0.717, 1.165) is 30.4 Å². The number of aromatic hydroxyl groups is 1. The predicted octanol–water partition coefficient (Wildman–Crippen LogP) is 1.68. The molecule has 0 radical (unpaired) electrons. The zero-order valence-electron chi connectivity index (χ0n) is 17.7. The normalized spacial score (nSPS) is 16.0. The van der Waals surface area contributed by atoms with E-state index in [-0.39, 0.29) is 41.0 Å². The van der Waals surface area contributed by atoms with Crippen LogP contribution in [0.4, 0.5) is 0 Å². The quantitative estimate of drug-likeness (QED) is 0.805. The number of carbonyl (C=O) groups is 2. The Hall–Kier alpha value is -3.29. The van der Waals surface area contributed by atoms with Gasteiger partial charge in [0.15, 0.2) is 18.1 Å². The Morgan fingerprint density at radius 1 is 1.06 bits per heavy atom. The highest BCUT2D eigenvalue weighted by Crippen LogP contribution is 2.25. The van der Waals surface area contributed by atoms with Gasteiger partial charge in [-0.3, -0.25) is 14.4 Å². The summed E-state index contributed by atoms with van der Waals surface area (Å²) < 4.78 is 6.90. The molecule has 0 bridgehead atoms. The summed E-state index contributed by atoms with van der Waals surface area (Å²) in [6, 6.07) is 6.50. The van der Waals surface area contributed by atoms with Gasteiger partial charge in [-0.15, -0.1) is 0 Å². The third kappa shape index (κ3) is 4.28. The largest absolute Gasteiger partial charge is 0.504 e. The maximum atomic E-state index is 13.1. The van der Waals surface area contributed by atoms with Gasteiger partial charge in [-0.25, -0.2) is 0 Å². The first-order valence-corrected chi connectivity index (χ1v) is 10.6. The summed E-state index contributed by atoms with van der Waals surface area (Å²) in [6.45, 7) is 1.88. The molecule has 164 valence electrons. The molecule has 1 N–H and O–H groups in total. The van der Waals surface area contributed by atoms with Crippen molar-refractivity contribution in [2.24, 2.45) is 7.05 Å². The molecule has 0 aliphatic carbocycles. The molecule has 1 aromatic heterocycles. The van der Waals surface area contributed by atoms with E-state index in [9.17, 15) is 19.5 Å². The highest BCUT2D eigenvalue weighted by molar-refractivity contribution is 5.96. The van der Waals surface area contributed by atoms with Crippen LogP contribution in [0.5, 0.6) is 11.5 Å². The number of pyridine rings is 1. The molecular weight excluding hydrogens is 398 g/mol.